The second-order valence-electron chi connectivity index (χ2n) is 8.56. The Morgan fingerprint density at radius 1 is 1.31 bits per heavy atom. The molecule has 1 fully saturated rings. The Morgan fingerprint density at radius 2 is 2.09 bits per heavy atom. The number of hydrogen-bond donors (Lipinski definition) is 1. The molecule has 2 aromatic heterocycles. The topological polar surface area (TPSA) is 132 Å². The Kier molecular flexibility index (Phi) is 7.66. The molecule has 1 saturated carbocycles. The molecule has 4 rings (SSSR count). The van der Waals surface area contributed by atoms with Crippen LogP contribution in [0.2, 0.25) is 0 Å². The molecule has 1 aliphatic rings. The van der Waals surface area contributed by atoms with Crippen molar-refractivity contribution >= 4 is 29.2 Å². The number of carbonyl (C=O) groups excluding carboxylic acids is 1. The van der Waals surface area contributed by atoms with Crippen LogP contribution >= 0.6 is 11.8 Å². The number of benzene rings is 1. The van der Waals surface area contributed by atoms with Gasteiger partial charge < -0.3 is 10.2 Å². The Balaban J connectivity index is 1.58. The van der Waals surface area contributed by atoms with E-state index in [0.29, 0.717) is 23.1 Å². The second kappa shape index (κ2) is 10.9. The van der Waals surface area contributed by atoms with Gasteiger partial charge >= 0.3 is 0 Å². The number of carbonyl (C=O) groups is 1. The first-order valence-corrected chi connectivity index (χ1v) is 12.0. The fourth-order valence-electron chi connectivity index (χ4n) is 3.90. The SMILES string of the molecule is CN(C)CCn1nnnc1Sc1ccc([N+](=O)[O-])cc1C(=O)Nc1ncc(C2CCCC2)cc1F. The summed E-state index contributed by atoms with van der Waals surface area (Å²) in [6.07, 6.45) is 5.79. The minimum absolute atomic E-state index is 0.00701. The van der Waals surface area contributed by atoms with Crippen LogP contribution in [0.1, 0.15) is 47.5 Å². The maximum Gasteiger partial charge on any atom is 0.270 e. The quantitative estimate of drug-likeness (QED) is 0.345. The van der Waals surface area contributed by atoms with Gasteiger partial charge in [-0.05, 0) is 72.7 Å². The molecule has 0 bridgehead atoms. The zero-order chi connectivity index (χ0) is 24.9. The summed E-state index contributed by atoms with van der Waals surface area (Å²) in [6, 6.07) is 5.30. The third-order valence-corrected chi connectivity index (χ3v) is 6.85. The van der Waals surface area contributed by atoms with Crippen LogP contribution in [-0.2, 0) is 6.54 Å². The van der Waals surface area contributed by atoms with Crippen molar-refractivity contribution in [1.29, 1.82) is 0 Å². The lowest BCUT2D eigenvalue weighted by Crippen LogP contribution is -2.19. The van der Waals surface area contributed by atoms with Crippen LogP contribution in [0.4, 0.5) is 15.9 Å². The van der Waals surface area contributed by atoms with Gasteiger partial charge in [-0.15, -0.1) is 5.10 Å². The summed E-state index contributed by atoms with van der Waals surface area (Å²) in [7, 11) is 3.84. The normalized spacial score (nSPS) is 13.9. The van der Waals surface area contributed by atoms with E-state index < -0.39 is 16.6 Å². The summed E-state index contributed by atoms with van der Waals surface area (Å²) in [4.78, 5) is 30.3. The molecule has 0 radical (unpaired) electrons. The monoisotopic (exact) mass is 500 g/mol. The lowest BCUT2D eigenvalue weighted by molar-refractivity contribution is -0.384. The number of hydrogen-bond acceptors (Lipinski definition) is 9. The van der Waals surface area contributed by atoms with Gasteiger partial charge in [-0.1, -0.05) is 12.8 Å². The van der Waals surface area contributed by atoms with Gasteiger partial charge in [-0.25, -0.2) is 14.1 Å². The molecule has 3 aromatic rings. The van der Waals surface area contributed by atoms with Crippen molar-refractivity contribution in [2.75, 3.05) is 26.0 Å². The molecule has 0 spiro atoms. The summed E-state index contributed by atoms with van der Waals surface area (Å²) in [6.45, 7) is 1.20. The van der Waals surface area contributed by atoms with Gasteiger partial charge in [0.25, 0.3) is 11.6 Å². The van der Waals surface area contributed by atoms with Crippen LogP contribution in [0, 0.1) is 15.9 Å². The molecule has 1 aliphatic carbocycles. The Hall–Kier alpha value is -3.45. The van der Waals surface area contributed by atoms with Gasteiger partial charge in [-0.3, -0.25) is 14.9 Å². The van der Waals surface area contributed by atoms with Crippen molar-refractivity contribution in [3.8, 4) is 0 Å². The number of rotatable bonds is 9. The summed E-state index contributed by atoms with van der Waals surface area (Å²) in [5.74, 6) is -1.31. The molecule has 0 unspecified atom stereocenters. The Bertz CT molecular complexity index is 1230. The van der Waals surface area contributed by atoms with Crippen molar-refractivity contribution in [2.45, 2.75) is 48.2 Å². The lowest BCUT2D eigenvalue weighted by atomic mass is 9.99. The van der Waals surface area contributed by atoms with E-state index >= 15 is 0 Å². The second-order valence-corrected chi connectivity index (χ2v) is 9.57. The smallest absolute Gasteiger partial charge is 0.270 e. The average molecular weight is 501 g/mol. The third-order valence-electron chi connectivity index (χ3n) is 5.80. The molecule has 35 heavy (non-hydrogen) atoms. The van der Waals surface area contributed by atoms with E-state index in [1.54, 1.807) is 10.9 Å². The summed E-state index contributed by atoms with van der Waals surface area (Å²) >= 11 is 1.09. The van der Waals surface area contributed by atoms with Crippen LogP contribution in [0.15, 0.2) is 40.5 Å². The van der Waals surface area contributed by atoms with Crippen LogP contribution in [0.25, 0.3) is 0 Å². The molecule has 0 aliphatic heterocycles. The Morgan fingerprint density at radius 3 is 2.77 bits per heavy atom. The van der Waals surface area contributed by atoms with Crippen molar-refractivity contribution < 1.29 is 14.1 Å². The van der Waals surface area contributed by atoms with Crippen LogP contribution in [-0.4, -0.2) is 61.6 Å². The van der Waals surface area contributed by atoms with Crippen molar-refractivity contribution in [1.82, 2.24) is 30.1 Å². The number of pyridine rings is 1. The van der Waals surface area contributed by atoms with Gasteiger partial charge in [0.1, 0.15) is 0 Å². The maximum absolute atomic E-state index is 14.8. The minimum atomic E-state index is -0.719. The zero-order valence-electron chi connectivity index (χ0n) is 19.3. The van der Waals surface area contributed by atoms with Gasteiger partial charge in [-0.2, -0.15) is 0 Å². The van der Waals surface area contributed by atoms with E-state index in [1.807, 2.05) is 19.0 Å². The molecule has 13 heteroatoms. The molecule has 184 valence electrons. The highest BCUT2D eigenvalue weighted by Gasteiger charge is 2.23. The van der Waals surface area contributed by atoms with Gasteiger partial charge in [0, 0.05) is 29.8 Å². The molecule has 2 heterocycles. The number of tetrazole rings is 1. The average Bonchev–Trinajstić information content (AvgIpc) is 3.51. The maximum atomic E-state index is 14.8. The molecule has 0 atom stereocenters. The summed E-state index contributed by atoms with van der Waals surface area (Å²) < 4.78 is 16.4. The van der Waals surface area contributed by atoms with E-state index in [9.17, 15) is 19.3 Å². The third kappa shape index (κ3) is 5.98. The van der Waals surface area contributed by atoms with Crippen LogP contribution < -0.4 is 5.32 Å². The molecule has 0 saturated heterocycles. The number of nitro benzene ring substituents is 1. The molecule has 1 N–H and O–H groups in total. The highest BCUT2D eigenvalue weighted by molar-refractivity contribution is 7.99. The zero-order valence-corrected chi connectivity index (χ0v) is 20.2. The van der Waals surface area contributed by atoms with Crippen molar-refractivity contribution in [2.24, 2.45) is 0 Å². The van der Waals surface area contributed by atoms with E-state index in [2.05, 4.69) is 25.8 Å². The summed E-state index contributed by atoms with van der Waals surface area (Å²) in [5, 5.41) is 25.9. The van der Waals surface area contributed by atoms with E-state index in [-0.39, 0.29) is 23.0 Å². The number of nitrogens with one attached hydrogen (secondary N) is 1. The number of amides is 1. The van der Waals surface area contributed by atoms with Gasteiger partial charge in [0.2, 0.25) is 5.16 Å². The molecule has 11 nitrogen and oxygen atoms in total. The highest BCUT2D eigenvalue weighted by Crippen LogP contribution is 2.35. The van der Waals surface area contributed by atoms with Gasteiger partial charge in [0.15, 0.2) is 11.6 Å². The minimum Gasteiger partial charge on any atom is -0.308 e. The largest absolute Gasteiger partial charge is 0.308 e. The van der Waals surface area contributed by atoms with E-state index in [0.717, 1.165) is 49.1 Å². The number of aromatic nitrogens is 5. The van der Waals surface area contributed by atoms with Crippen LogP contribution in [0.5, 0.6) is 0 Å². The first-order chi connectivity index (χ1) is 16.8. The number of likely N-dealkylation sites (N-methyl/N-ethyl adjacent to an activating group) is 1. The van der Waals surface area contributed by atoms with E-state index in [1.165, 1.54) is 18.2 Å². The molecular formula is C22H25FN8O3S. The predicted octanol–water partition coefficient (Wildman–Crippen LogP) is 3.74. The number of nitro groups is 1. The predicted molar refractivity (Wildman–Crippen MR) is 127 cm³/mol. The fourth-order valence-corrected chi connectivity index (χ4v) is 4.81. The molecule has 1 amide bonds. The first-order valence-electron chi connectivity index (χ1n) is 11.2. The van der Waals surface area contributed by atoms with Gasteiger partial charge in [0.05, 0.1) is 17.0 Å². The van der Waals surface area contributed by atoms with Crippen LogP contribution in [0.3, 0.4) is 0 Å². The lowest BCUT2D eigenvalue weighted by Gasteiger charge is -2.13. The molecular weight excluding hydrogens is 475 g/mol. The van der Waals surface area contributed by atoms with Crippen molar-refractivity contribution in [3.05, 3.63) is 57.5 Å². The number of non-ortho nitro benzene ring substituents is 1. The highest BCUT2D eigenvalue weighted by atomic mass is 32.2. The number of anilines is 1. The summed E-state index contributed by atoms with van der Waals surface area (Å²) in [5.41, 5.74) is 0.540. The standard InChI is InChI=1S/C22H25FN8O3S/c1-29(2)9-10-30-22(26-27-28-30)35-19-8-7-16(31(33)34)12-17(19)21(32)25-20-18(23)11-15(13-24-20)14-5-3-4-6-14/h7-8,11-14H,3-6,9-10H2,1-2H3,(H,24,25,32). The fraction of sp³-hybridized carbons (Fsp3) is 0.409. The number of halogens is 1. The van der Waals surface area contributed by atoms with Crippen molar-refractivity contribution in [3.63, 3.8) is 0 Å². The number of nitrogens with zero attached hydrogens (tertiary/aromatic N) is 7. The first kappa shape index (κ1) is 24.7. The molecule has 1 aromatic carbocycles. The Labute approximate surface area is 205 Å². The van der Waals surface area contributed by atoms with E-state index in [4.69, 9.17) is 0 Å².